The Morgan fingerprint density at radius 3 is 3.04 bits per heavy atom. The Kier molecular flexibility index (Phi) is 4.11. The number of rotatable bonds is 4. The summed E-state index contributed by atoms with van der Waals surface area (Å²) in [6, 6.07) is 6.36. The SMILES string of the molecule is CC(N)c1ccc(C(=O)Nc2ccnc3[nH]ncc23)c(N=[N+]=[N-])c1. The number of amides is 1. The molecule has 1 amide bonds. The van der Waals surface area contributed by atoms with Crippen molar-refractivity contribution in [3.8, 4) is 0 Å². The fourth-order valence-corrected chi connectivity index (χ4v) is 2.30. The molecule has 0 aliphatic carbocycles. The molecule has 0 aliphatic heterocycles. The standard InChI is InChI=1S/C15H14N8O/c1-8(16)9-2-3-10(13(6-9)21-23-17)15(24)20-12-4-5-18-14-11(12)7-19-22-14/h2-8H,16H2,1H3,(H2,18,19,20,22,24). The summed E-state index contributed by atoms with van der Waals surface area (Å²) in [6.07, 6.45) is 3.13. The predicted molar refractivity (Wildman–Crippen MR) is 89.7 cm³/mol. The highest BCUT2D eigenvalue weighted by Gasteiger charge is 2.14. The smallest absolute Gasteiger partial charge is 0.256 e. The van der Waals surface area contributed by atoms with E-state index in [1.165, 1.54) is 0 Å². The van der Waals surface area contributed by atoms with Crippen molar-refractivity contribution in [1.29, 1.82) is 0 Å². The number of aromatic amines is 1. The van der Waals surface area contributed by atoms with Crippen LogP contribution in [0.25, 0.3) is 21.5 Å². The first-order valence-corrected chi connectivity index (χ1v) is 7.14. The van der Waals surface area contributed by atoms with Crippen LogP contribution in [-0.2, 0) is 0 Å². The largest absolute Gasteiger partial charge is 0.324 e. The Balaban J connectivity index is 1.98. The van der Waals surface area contributed by atoms with E-state index in [0.717, 1.165) is 5.56 Å². The predicted octanol–water partition coefficient (Wildman–Crippen LogP) is 3.17. The fraction of sp³-hybridized carbons (Fsp3) is 0.133. The van der Waals surface area contributed by atoms with Crippen molar-refractivity contribution in [1.82, 2.24) is 15.2 Å². The molecule has 1 atom stereocenters. The molecule has 9 nitrogen and oxygen atoms in total. The van der Waals surface area contributed by atoms with Gasteiger partial charge < -0.3 is 11.1 Å². The van der Waals surface area contributed by atoms with Crippen molar-refractivity contribution in [3.63, 3.8) is 0 Å². The number of azide groups is 1. The highest BCUT2D eigenvalue weighted by atomic mass is 16.1. The van der Waals surface area contributed by atoms with Crippen LogP contribution >= 0.6 is 0 Å². The van der Waals surface area contributed by atoms with Crippen molar-refractivity contribution >= 4 is 28.3 Å². The molecule has 1 unspecified atom stereocenters. The second-order valence-electron chi connectivity index (χ2n) is 5.20. The lowest BCUT2D eigenvalue weighted by Gasteiger charge is -2.11. The zero-order valence-corrected chi connectivity index (χ0v) is 12.8. The van der Waals surface area contributed by atoms with Gasteiger partial charge in [-0.05, 0) is 36.2 Å². The van der Waals surface area contributed by atoms with Gasteiger partial charge >= 0.3 is 0 Å². The van der Waals surface area contributed by atoms with Crippen molar-refractivity contribution < 1.29 is 4.79 Å². The molecule has 9 heteroatoms. The van der Waals surface area contributed by atoms with E-state index >= 15 is 0 Å². The summed E-state index contributed by atoms with van der Waals surface area (Å²) >= 11 is 0. The molecule has 3 rings (SSSR count). The second-order valence-corrected chi connectivity index (χ2v) is 5.20. The zero-order chi connectivity index (χ0) is 17.1. The molecule has 120 valence electrons. The van der Waals surface area contributed by atoms with Crippen molar-refractivity contribution in [2.24, 2.45) is 10.8 Å². The molecule has 0 fully saturated rings. The van der Waals surface area contributed by atoms with Gasteiger partial charge in [0.05, 0.1) is 23.0 Å². The molecule has 0 aliphatic rings. The lowest BCUT2D eigenvalue weighted by molar-refractivity contribution is 0.102. The van der Waals surface area contributed by atoms with Gasteiger partial charge in [0.25, 0.3) is 5.91 Å². The van der Waals surface area contributed by atoms with Crippen LogP contribution in [0.15, 0.2) is 41.8 Å². The van der Waals surface area contributed by atoms with E-state index in [0.29, 0.717) is 16.7 Å². The summed E-state index contributed by atoms with van der Waals surface area (Å²) in [5.41, 5.74) is 16.9. The highest BCUT2D eigenvalue weighted by Crippen LogP contribution is 2.26. The number of nitrogens with one attached hydrogen (secondary N) is 2. The zero-order valence-electron chi connectivity index (χ0n) is 12.8. The first-order valence-electron chi connectivity index (χ1n) is 7.14. The normalized spacial score (nSPS) is 11.8. The average Bonchev–Trinajstić information content (AvgIpc) is 3.04. The lowest BCUT2D eigenvalue weighted by Crippen LogP contribution is -2.13. The molecule has 0 saturated heterocycles. The van der Waals surface area contributed by atoms with Gasteiger partial charge in [-0.25, -0.2) is 4.98 Å². The third kappa shape index (κ3) is 2.89. The molecular weight excluding hydrogens is 308 g/mol. The Morgan fingerprint density at radius 1 is 1.46 bits per heavy atom. The van der Waals surface area contributed by atoms with Gasteiger partial charge in [0.1, 0.15) is 0 Å². The number of pyridine rings is 1. The minimum Gasteiger partial charge on any atom is -0.324 e. The summed E-state index contributed by atoms with van der Waals surface area (Å²) in [4.78, 5) is 19.5. The maximum Gasteiger partial charge on any atom is 0.256 e. The fourth-order valence-electron chi connectivity index (χ4n) is 2.30. The number of nitrogens with two attached hydrogens (primary N) is 1. The van der Waals surface area contributed by atoms with E-state index in [4.69, 9.17) is 11.3 Å². The molecule has 2 aromatic heterocycles. The van der Waals surface area contributed by atoms with Crippen LogP contribution in [0.1, 0.15) is 28.9 Å². The summed E-state index contributed by atoms with van der Waals surface area (Å²) in [6.45, 7) is 1.81. The summed E-state index contributed by atoms with van der Waals surface area (Å²) in [7, 11) is 0. The molecule has 1 aromatic carbocycles. The number of nitrogens with zero attached hydrogens (tertiary/aromatic N) is 5. The van der Waals surface area contributed by atoms with Gasteiger partial charge in [-0.15, -0.1) is 0 Å². The van der Waals surface area contributed by atoms with Crippen LogP contribution < -0.4 is 11.1 Å². The molecule has 4 N–H and O–H groups in total. The van der Waals surface area contributed by atoms with E-state index in [1.807, 2.05) is 6.92 Å². The van der Waals surface area contributed by atoms with E-state index in [-0.39, 0.29) is 17.3 Å². The molecule has 0 radical (unpaired) electrons. The van der Waals surface area contributed by atoms with Crippen LogP contribution in [0.5, 0.6) is 0 Å². The van der Waals surface area contributed by atoms with Gasteiger partial charge in [-0.2, -0.15) is 5.10 Å². The number of hydrogen-bond acceptors (Lipinski definition) is 5. The van der Waals surface area contributed by atoms with E-state index in [9.17, 15) is 4.79 Å². The summed E-state index contributed by atoms with van der Waals surface area (Å²) in [5, 5.41) is 13.7. The maximum atomic E-state index is 12.6. The van der Waals surface area contributed by atoms with Crippen molar-refractivity contribution in [2.75, 3.05) is 5.32 Å². The van der Waals surface area contributed by atoms with E-state index in [2.05, 4.69) is 30.5 Å². The average molecular weight is 322 g/mol. The molecule has 3 aromatic rings. The van der Waals surface area contributed by atoms with Crippen LogP contribution in [0.3, 0.4) is 0 Å². The number of carbonyl (C=O) groups is 1. The van der Waals surface area contributed by atoms with Gasteiger partial charge in [0.15, 0.2) is 5.65 Å². The van der Waals surface area contributed by atoms with Crippen LogP contribution in [-0.4, -0.2) is 21.1 Å². The van der Waals surface area contributed by atoms with Gasteiger partial charge in [0, 0.05) is 22.7 Å². The Bertz CT molecular complexity index is 955. The Hall–Kier alpha value is -3.42. The third-order valence-electron chi connectivity index (χ3n) is 3.55. The van der Waals surface area contributed by atoms with Crippen LogP contribution in [0.2, 0.25) is 0 Å². The number of aromatic nitrogens is 3. The van der Waals surface area contributed by atoms with Gasteiger partial charge in [-0.1, -0.05) is 11.2 Å². The molecular formula is C15H14N8O. The van der Waals surface area contributed by atoms with Crippen molar-refractivity contribution in [2.45, 2.75) is 13.0 Å². The lowest BCUT2D eigenvalue weighted by atomic mass is 10.0. The number of anilines is 1. The summed E-state index contributed by atoms with van der Waals surface area (Å²) < 4.78 is 0. The minimum absolute atomic E-state index is 0.224. The topological polar surface area (TPSA) is 145 Å². The molecule has 0 saturated carbocycles. The van der Waals surface area contributed by atoms with Crippen LogP contribution in [0.4, 0.5) is 11.4 Å². The number of H-pyrrole nitrogens is 1. The van der Waals surface area contributed by atoms with E-state index in [1.54, 1.807) is 36.7 Å². The molecule has 0 spiro atoms. The Labute approximate surface area is 136 Å². The van der Waals surface area contributed by atoms with Gasteiger partial charge in [0.2, 0.25) is 0 Å². The molecule has 0 bridgehead atoms. The van der Waals surface area contributed by atoms with E-state index < -0.39 is 5.91 Å². The third-order valence-corrected chi connectivity index (χ3v) is 3.55. The molecule has 2 heterocycles. The highest BCUT2D eigenvalue weighted by molar-refractivity contribution is 6.10. The minimum atomic E-state index is -0.401. The first-order chi connectivity index (χ1) is 11.6. The summed E-state index contributed by atoms with van der Waals surface area (Å²) in [5.74, 6) is -0.401. The number of fused-ring (bicyclic) bond motifs is 1. The first kappa shape index (κ1) is 15.5. The number of hydrogen-bond donors (Lipinski definition) is 3. The van der Waals surface area contributed by atoms with Crippen molar-refractivity contribution in [3.05, 3.63) is 58.2 Å². The quantitative estimate of drug-likeness (QED) is 0.384. The van der Waals surface area contributed by atoms with Crippen LogP contribution in [0, 0.1) is 0 Å². The molecule has 24 heavy (non-hydrogen) atoms. The Morgan fingerprint density at radius 2 is 2.29 bits per heavy atom. The number of carbonyl (C=O) groups excluding carboxylic acids is 1. The number of benzene rings is 1. The van der Waals surface area contributed by atoms with Gasteiger partial charge in [-0.3, -0.25) is 9.89 Å². The monoisotopic (exact) mass is 322 g/mol. The maximum absolute atomic E-state index is 12.6. The second kappa shape index (κ2) is 6.37.